The predicted molar refractivity (Wildman–Crippen MR) is 93.8 cm³/mol. The SMILES string of the molecule is CCCC(=O)OC1(N)CC(C)CCC1(c1cc(F)c(F)cc1F)C(C)C. The maximum atomic E-state index is 14.7. The van der Waals surface area contributed by atoms with Gasteiger partial charge in [0.1, 0.15) is 5.82 Å². The summed E-state index contributed by atoms with van der Waals surface area (Å²) in [6.45, 7) is 7.51. The van der Waals surface area contributed by atoms with E-state index in [4.69, 9.17) is 10.5 Å². The van der Waals surface area contributed by atoms with E-state index in [0.717, 1.165) is 12.5 Å². The summed E-state index contributed by atoms with van der Waals surface area (Å²) in [5.41, 5.74) is 3.97. The van der Waals surface area contributed by atoms with E-state index in [2.05, 4.69) is 0 Å². The van der Waals surface area contributed by atoms with Gasteiger partial charge in [0.2, 0.25) is 0 Å². The Bertz CT molecular complexity index is 679. The molecule has 0 radical (unpaired) electrons. The van der Waals surface area contributed by atoms with Crippen molar-refractivity contribution in [3.8, 4) is 0 Å². The molecule has 1 aliphatic rings. The largest absolute Gasteiger partial charge is 0.443 e. The monoisotopic (exact) mass is 371 g/mol. The molecule has 0 amide bonds. The van der Waals surface area contributed by atoms with Gasteiger partial charge in [-0.15, -0.1) is 0 Å². The Morgan fingerprint density at radius 1 is 1.27 bits per heavy atom. The Hall–Kier alpha value is -1.56. The van der Waals surface area contributed by atoms with Crippen LogP contribution in [0.4, 0.5) is 13.2 Å². The molecule has 0 bridgehead atoms. The third kappa shape index (κ3) is 3.48. The molecule has 0 heterocycles. The van der Waals surface area contributed by atoms with Gasteiger partial charge < -0.3 is 4.74 Å². The molecule has 1 aliphatic carbocycles. The number of hydrogen-bond donors (Lipinski definition) is 1. The first-order valence-electron chi connectivity index (χ1n) is 9.23. The van der Waals surface area contributed by atoms with Crippen molar-refractivity contribution in [1.82, 2.24) is 0 Å². The molecule has 2 rings (SSSR count). The van der Waals surface area contributed by atoms with Crippen LogP contribution in [0.15, 0.2) is 12.1 Å². The van der Waals surface area contributed by atoms with E-state index in [-0.39, 0.29) is 23.8 Å². The summed E-state index contributed by atoms with van der Waals surface area (Å²) in [7, 11) is 0. The molecule has 0 spiro atoms. The maximum Gasteiger partial charge on any atom is 0.307 e. The first kappa shape index (κ1) is 20.7. The highest BCUT2D eigenvalue weighted by molar-refractivity contribution is 5.70. The standard InChI is InChI=1S/C20H28F3NO2/c1-5-6-18(25)26-20(24)11-13(4)7-8-19(20,12(2)3)14-9-16(22)17(23)10-15(14)21/h9-10,12-13H,5-8,11,24H2,1-4H3. The predicted octanol–water partition coefficient (Wildman–Crippen LogP) is 4.82. The van der Waals surface area contributed by atoms with Crippen LogP contribution in [0.2, 0.25) is 0 Å². The van der Waals surface area contributed by atoms with Crippen molar-refractivity contribution in [2.24, 2.45) is 17.6 Å². The number of carbonyl (C=O) groups excluding carboxylic acids is 1. The summed E-state index contributed by atoms with van der Waals surface area (Å²) in [6.07, 6.45) is 2.27. The molecule has 1 aromatic rings. The van der Waals surface area contributed by atoms with Crippen LogP contribution in [0.3, 0.4) is 0 Å². The first-order chi connectivity index (χ1) is 12.1. The zero-order valence-corrected chi connectivity index (χ0v) is 15.9. The summed E-state index contributed by atoms with van der Waals surface area (Å²) in [6, 6.07) is 1.41. The van der Waals surface area contributed by atoms with Crippen LogP contribution in [0.1, 0.15) is 65.4 Å². The van der Waals surface area contributed by atoms with E-state index in [1.807, 2.05) is 27.7 Å². The number of esters is 1. The van der Waals surface area contributed by atoms with Crippen LogP contribution in [0.25, 0.3) is 0 Å². The third-order valence-corrected chi connectivity index (χ3v) is 5.66. The number of rotatable bonds is 5. The lowest BCUT2D eigenvalue weighted by Crippen LogP contribution is -2.66. The quantitative estimate of drug-likeness (QED) is 0.459. The van der Waals surface area contributed by atoms with E-state index < -0.39 is 34.6 Å². The molecule has 146 valence electrons. The van der Waals surface area contributed by atoms with Crippen LogP contribution >= 0.6 is 0 Å². The summed E-state index contributed by atoms with van der Waals surface area (Å²) in [4.78, 5) is 12.2. The highest BCUT2D eigenvalue weighted by atomic mass is 19.2. The summed E-state index contributed by atoms with van der Waals surface area (Å²) < 4.78 is 47.9. The van der Waals surface area contributed by atoms with Gasteiger partial charge in [-0.2, -0.15) is 0 Å². The van der Waals surface area contributed by atoms with Crippen molar-refractivity contribution in [1.29, 1.82) is 0 Å². The smallest absolute Gasteiger partial charge is 0.307 e. The van der Waals surface area contributed by atoms with Crippen LogP contribution in [0.5, 0.6) is 0 Å². The molecule has 3 nitrogen and oxygen atoms in total. The molecule has 3 atom stereocenters. The summed E-state index contributed by atoms with van der Waals surface area (Å²) in [5, 5.41) is 0. The topological polar surface area (TPSA) is 52.3 Å². The van der Waals surface area contributed by atoms with E-state index in [0.29, 0.717) is 25.3 Å². The van der Waals surface area contributed by atoms with Gasteiger partial charge in [0.25, 0.3) is 0 Å². The molecule has 2 N–H and O–H groups in total. The van der Waals surface area contributed by atoms with Crippen LogP contribution in [-0.2, 0) is 14.9 Å². The summed E-state index contributed by atoms with van der Waals surface area (Å²) in [5.74, 6) is -3.81. The van der Waals surface area contributed by atoms with Crippen molar-refractivity contribution in [2.45, 2.75) is 70.9 Å². The Morgan fingerprint density at radius 2 is 1.88 bits per heavy atom. The number of halogens is 3. The minimum atomic E-state index is -1.49. The molecular weight excluding hydrogens is 343 g/mol. The van der Waals surface area contributed by atoms with E-state index >= 15 is 0 Å². The molecular formula is C20H28F3NO2. The van der Waals surface area contributed by atoms with Crippen molar-refractivity contribution in [3.63, 3.8) is 0 Å². The van der Waals surface area contributed by atoms with Gasteiger partial charge in [-0.05, 0) is 37.2 Å². The van der Waals surface area contributed by atoms with Crippen LogP contribution in [-0.4, -0.2) is 11.7 Å². The average Bonchev–Trinajstić information content (AvgIpc) is 2.51. The second kappa shape index (κ2) is 7.59. The van der Waals surface area contributed by atoms with Gasteiger partial charge >= 0.3 is 5.97 Å². The third-order valence-electron chi connectivity index (χ3n) is 5.66. The number of hydrogen-bond acceptors (Lipinski definition) is 3. The second-order valence-electron chi connectivity index (χ2n) is 7.83. The van der Waals surface area contributed by atoms with Gasteiger partial charge in [-0.25, -0.2) is 13.2 Å². The van der Waals surface area contributed by atoms with Crippen molar-refractivity contribution < 1.29 is 22.7 Å². The van der Waals surface area contributed by atoms with Gasteiger partial charge in [0.15, 0.2) is 17.4 Å². The lowest BCUT2D eigenvalue weighted by molar-refractivity contribution is -0.182. The molecule has 1 fully saturated rings. The second-order valence-corrected chi connectivity index (χ2v) is 7.83. The van der Waals surface area contributed by atoms with E-state index in [9.17, 15) is 18.0 Å². The maximum absolute atomic E-state index is 14.7. The molecule has 6 heteroatoms. The Morgan fingerprint density at radius 3 is 2.46 bits per heavy atom. The summed E-state index contributed by atoms with van der Waals surface area (Å²) >= 11 is 0. The van der Waals surface area contributed by atoms with Crippen molar-refractivity contribution in [3.05, 3.63) is 35.1 Å². The van der Waals surface area contributed by atoms with E-state index in [1.54, 1.807) is 0 Å². The number of benzene rings is 1. The molecule has 1 saturated carbocycles. The van der Waals surface area contributed by atoms with Gasteiger partial charge in [-0.1, -0.05) is 27.7 Å². The number of ether oxygens (including phenoxy) is 1. The van der Waals surface area contributed by atoms with E-state index in [1.165, 1.54) is 0 Å². The Labute approximate surface area is 153 Å². The van der Waals surface area contributed by atoms with Gasteiger partial charge in [0.05, 0.1) is 5.41 Å². The molecule has 0 aliphatic heterocycles. The zero-order valence-electron chi connectivity index (χ0n) is 15.9. The fourth-order valence-electron chi connectivity index (χ4n) is 4.39. The van der Waals surface area contributed by atoms with Crippen LogP contribution in [0, 0.1) is 29.3 Å². The normalized spacial score (nSPS) is 29.0. The molecule has 26 heavy (non-hydrogen) atoms. The number of carbonyl (C=O) groups is 1. The first-order valence-corrected chi connectivity index (χ1v) is 9.23. The fraction of sp³-hybridized carbons (Fsp3) is 0.650. The van der Waals surface area contributed by atoms with Crippen molar-refractivity contribution >= 4 is 5.97 Å². The lowest BCUT2D eigenvalue weighted by Gasteiger charge is -2.54. The molecule has 3 unspecified atom stereocenters. The highest BCUT2D eigenvalue weighted by Crippen LogP contribution is 2.53. The average molecular weight is 371 g/mol. The highest BCUT2D eigenvalue weighted by Gasteiger charge is 2.58. The number of nitrogens with two attached hydrogens (primary N) is 1. The lowest BCUT2D eigenvalue weighted by atomic mass is 9.56. The minimum absolute atomic E-state index is 0.0231. The molecule has 1 aromatic carbocycles. The molecule has 0 aromatic heterocycles. The van der Waals surface area contributed by atoms with Gasteiger partial charge in [0, 0.05) is 24.5 Å². The fourth-order valence-corrected chi connectivity index (χ4v) is 4.39. The minimum Gasteiger partial charge on any atom is -0.443 e. The van der Waals surface area contributed by atoms with Crippen molar-refractivity contribution in [2.75, 3.05) is 0 Å². The Kier molecular flexibility index (Phi) is 6.06. The van der Waals surface area contributed by atoms with Gasteiger partial charge in [-0.3, -0.25) is 10.5 Å². The Balaban J connectivity index is 2.65. The zero-order chi connectivity index (χ0) is 19.7. The molecule has 0 saturated heterocycles. The van der Waals surface area contributed by atoms with Crippen LogP contribution < -0.4 is 5.73 Å².